The molecule has 0 bridgehead atoms. The first-order valence-corrected chi connectivity index (χ1v) is 6.84. The molecular formula is C15H22FNO3. The van der Waals surface area contributed by atoms with Gasteiger partial charge in [0.25, 0.3) is 5.91 Å². The van der Waals surface area contributed by atoms with Crippen molar-refractivity contribution in [3.8, 4) is 5.75 Å². The number of hydrogen-bond acceptors (Lipinski definition) is 3. The Hall–Kier alpha value is -1.62. The Morgan fingerprint density at radius 2 is 1.90 bits per heavy atom. The molecule has 0 unspecified atom stereocenters. The van der Waals surface area contributed by atoms with Gasteiger partial charge in [0.05, 0.1) is 25.9 Å². The van der Waals surface area contributed by atoms with Gasteiger partial charge in [0.1, 0.15) is 11.6 Å². The predicted octanol–water partition coefficient (Wildman–Crippen LogP) is 2.64. The van der Waals surface area contributed by atoms with Crippen molar-refractivity contribution < 1.29 is 18.7 Å². The van der Waals surface area contributed by atoms with Crippen LogP contribution in [0.15, 0.2) is 12.1 Å². The van der Waals surface area contributed by atoms with E-state index in [0.717, 1.165) is 0 Å². The minimum Gasteiger partial charge on any atom is -0.496 e. The summed E-state index contributed by atoms with van der Waals surface area (Å²) < 4.78 is 24.1. The van der Waals surface area contributed by atoms with Crippen molar-refractivity contribution in [3.05, 3.63) is 29.1 Å². The molecule has 1 amide bonds. The number of halogens is 1. The van der Waals surface area contributed by atoms with E-state index in [9.17, 15) is 9.18 Å². The van der Waals surface area contributed by atoms with E-state index >= 15 is 0 Å². The number of amides is 1. The summed E-state index contributed by atoms with van der Waals surface area (Å²) >= 11 is 0. The molecule has 1 aliphatic rings. The highest BCUT2D eigenvalue weighted by atomic mass is 19.1. The van der Waals surface area contributed by atoms with E-state index in [0.29, 0.717) is 37.6 Å². The first-order chi connectivity index (χ1) is 9.63. The summed E-state index contributed by atoms with van der Waals surface area (Å²) in [6, 6.07) is 2.79. The molecule has 1 heterocycles. The molecule has 0 radical (unpaired) electrons. The van der Waals surface area contributed by atoms with Gasteiger partial charge in [-0.2, -0.15) is 0 Å². The normalized spacial score (nSPS) is 14.3. The second kappa shape index (κ2) is 7.85. The lowest BCUT2D eigenvalue weighted by Gasteiger charge is -2.27. The van der Waals surface area contributed by atoms with Crippen LogP contribution in [0.3, 0.4) is 0 Å². The molecule has 5 heteroatoms. The Kier molecular flexibility index (Phi) is 6.45. The van der Waals surface area contributed by atoms with Gasteiger partial charge in [-0.05, 0) is 24.6 Å². The van der Waals surface area contributed by atoms with Gasteiger partial charge in [-0.15, -0.1) is 0 Å². The maximum Gasteiger partial charge on any atom is 0.257 e. The van der Waals surface area contributed by atoms with E-state index in [4.69, 9.17) is 9.47 Å². The topological polar surface area (TPSA) is 38.8 Å². The number of ether oxygens (including phenoxy) is 2. The molecule has 0 saturated carbocycles. The van der Waals surface area contributed by atoms with Crippen molar-refractivity contribution in [2.75, 3.05) is 33.4 Å². The fourth-order valence-electron chi connectivity index (χ4n) is 1.97. The van der Waals surface area contributed by atoms with Crippen LogP contribution >= 0.6 is 0 Å². The standard InChI is InChI=1S/C13H16FNO3.C2H6/c1-9-7-11(14)10(8-12(9)17-2)13(16)15-3-5-18-6-4-15;1-2/h7-8H,3-6H2,1-2H3;1-2H3. The zero-order chi connectivity index (χ0) is 15.1. The molecular weight excluding hydrogens is 261 g/mol. The largest absolute Gasteiger partial charge is 0.496 e. The third-order valence-corrected chi connectivity index (χ3v) is 3.01. The molecule has 20 heavy (non-hydrogen) atoms. The van der Waals surface area contributed by atoms with Gasteiger partial charge in [0.2, 0.25) is 0 Å². The third-order valence-electron chi connectivity index (χ3n) is 3.01. The van der Waals surface area contributed by atoms with E-state index in [1.165, 1.54) is 19.2 Å². The van der Waals surface area contributed by atoms with E-state index in [-0.39, 0.29) is 11.5 Å². The van der Waals surface area contributed by atoms with E-state index < -0.39 is 5.82 Å². The number of carbonyl (C=O) groups is 1. The van der Waals surface area contributed by atoms with Gasteiger partial charge in [0.15, 0.2) is 0 Å². The zero-order valence-corrected chi connectivity index (χ0v) is 12.5. The lowest BCUT2D eigenvalue weighted by atomic mass is 10.1. The van der Waals surface area contributed by atoms with E-state index in [2.05, 4.69) is 0 Å². The van der Waals surface area contributed by atoms with Crippen LogP contribution in [0.1, 0.15) is 29.8 Å². The number of methoxy groups -OCH3 is 1. The van der Waals surface area contributed by atoms with Crippen LogP contribution in [0.4, 0.5) is 4.39 Å². The van der Waals surface area contributed by atoms with Crippen LogP contribution in [0.2, 0.25) is 0 Å². The van der Waals surface area contributed by atoms with Crippen molar-refractivity contribution in [3.63, 3.8) is 0 Å². The summed E-state index contributed by atoms with van der Waals surface area (Å²) in [5.74, 6) is -0.299. The second-order valence-electron chi connectivity index (χ2n) is 4.21. The molecule has 0 N–H and O–H groups in total. The monoisotopic (exact) mass is 283 g/mol. The van der Waals surface area contributed by atoms with Crippen molar-refractivity contribution in [2.24, 2.45) is 0 Å². The molecule has 112 valence electrons. The molecule has 1 fully saturated rings. The molecule has 1 aromatic rings. The lowest BCUT2D eigenvalue weighted by molar-refractivity contribution is 0.0299. The average molecular weight is 283 g/mol. The van der Waals surface area contributed by atoms with Gasteiger partial charge in [-0.1, -0.05) is 13.8 Å². The summed E-state index contributed by atoms with van der Waals surface area (Å²) in [6.07, 6.45) is 0. The van der Waals surface area contributed by atoms with Crippen molar-refractivity contribution in [1.82, 2.24) is 4.90 Å². The summed E-state index contributed by atoms with van der Waals surface area (Å²) in [4.78, 5) is 13.8. The van der Waals surface area contributed by atoms with Gasteiger partial charge in [0, 0.05) is 13.1 Å². The Morgan fingerprint density at radius 3 is 2.45 bits per heavy atom. The Morgan fingerprint density at radius 1 is 1.30 bits per heavy atom. The van der Waals surface area contributed by atoms with Crippen molar-refractivity contribution in [1.29, 1.82) is 0 Å². The second-order valence-corrected chi connectivity index (χ2v) is 4.21. The van der Waals surface area contributed by atoms with Gasteiger partial charge >= 0.3 is 0 Å². The number of aryl methyl sites for hydroxylation is 1. The number of morpholine rings is 1. The van der Waals surface area contributed by atoms with Crippen molar-refractivity contribution in [2.45, 2.75) is 20.8 Å². The van der Waals surface area contributed by atoms with Crippen LogP contribution in [0.25, 0.3) is 0 Å². The average Bonchev–Trinajstić information content (AvgIpc) is 2.50. The molecule has 0 spiro atoms. The third kappa shape index (κ3) is 3.70. The van der Waals surface area contributed by atoms with Gasteiger partial charge in [-0.3, -0.25) is 4.79 Å². The van der Waals surface area contributed by atoms with Gasteiger partial charge < -0.3 is 14.4 Å². The Labute approximate surface area is 119 Å². The Balaban J connectivity index is 0.000000956. The molecule has 0 atom stereocenters. The molecule has 1 aromatic carbocycles. The number of nitrogens with zero attached hydrogens (tertiary/aromatic N) is 1. The number of carbonyl (C=O) groups excluding carboxylic acids is 1. The summed E-state index contributed by atoms with van der Waals surface area (Å²) in [5.41, 5.74) is 0.730. The highest BCUT2D eigenvalue weighted by molar-refractivity contribution is 5.95. The lowest BCUT2D eigenvalue weighted by Crippen LogP contribution is -2.41. The van der Waals surface area contributed by atoms with Crippen LogP contribution < -0.4 is 4.74 Å². The van der Waals surface area contributed by atoms with E-state index in [1.807, 2.05) is 13.8 Å². The minimum absolute atomic E-state index is 0.0550. The summed E-state index contributed by atoms with van der Waals surface area (Å²) in [6.45, 7) is 7.72. The van der Waals surface area contributed by atoms with Crippen LogP contribution in [0.5, 0.6) is 5.75 Å². The highest BCUT2D eigenvalue weighted by Crippen LogP contribution is 2.23. The highest BCUT2D eigenvalue weighted by Gasteiger charge is 2.22. The fraction of sp³-hybridized carbons (Fsp3) is 0.533. The van der Waals surface area contributed by atoms with E-state index in [1.54, 1.807) is 11.8 Å². The molecule has 0 aromatic heterocycles. The fourth-order valence-corrected chi connectivity index (χ4v) is 1.97. The number of benzene rings is 1. The maximum atomic E-state index is 13.8. The molecule has 1 saturated heterocycles. The smallest absolute Gasteiger partial charge is 0.257 e. The number of hydrogen-bond donors (Lipinski definition) is 0. The maximum absolute atomic E-state index is 13.8. The van der Waals surface area contributed by atoms with Crippen LogP contribution in [-0.4, -0.2) is 44.2 Å². The Bertz CT molecular complexity index is 457. The van der Waals surface area contributed by atoms with Gasteiger partial charge in [-0.25, -0.2) is 4.39 Å². The van der Waals surface area contributed by atoms with Crippen LogP contribution in [0, 0.1) is 12.7 Å². The molecule has 2 rings (SSSR count). The molecule has 4 nitrogen and oxygen atoms in total. The van der Waals surface area contributed by atoms with Crippen molar-refractivity contribution >= 4 is 5.91 Å². The summed E-state index contributed by atoms with van der Waals surface area (Å²) in [5, 5.41) is 0. The quantitative estimate of drug-likeness (QED) is 0.837. The van der Waals surface area contributed by atoms with Crippen LogP contribution in [-0.2, 0) is 4.74 Å². The summed E-state index contributed by atoms with van der Waals surface area (Å²) in [7, 11) is 1.50. The predicted molar refractivity (Wildman–Crippen MR) is 75.8 cm³/mol. The molecule has 0 aliphatic carbocycles. The number of rotatable bonds is 2. The minimum atomic E-state index is -0.509. The first kappa shape index (κ1) is 16.4. The SMILES string of the molecule is CC.COc1cc(C(=O)N2CCOCC2)c(F)cc1C. The first-order valence-electron chi connectivity index (χ1n) is 6.84. The molecule has 1 aliphatic heterocycles. The zero-order valence-electron chi connectivity index (χ0n) is 12.5.